The number of urea groups is 1. The molecule has 1 saturated heterocycles. The van der Waals surface area contributed by atoms with E-state index in [9.17, 15) is 29.3 Å². The summed E-state index contributed by atoms with van der Waals surface area (Å²) in [6.07, 6.45) is 1.27. The van der Waals surface area contributed by atoms with E-state index in [0.29, 0.717) is 26.4 Å². The lowest BCUT2D eigenvalue weighted by atomic mass is 10.1. The van der Waals surface area contributed by atoms with Crippen molar-refractivity contribution < 1.29 is 28.8 Å². The van der Waals surface area contributed by atoms with Crippen molar-refractivity contribution in [3.8, 4) is 5.75 Å². The molecule has 38 heavy (non-hydrogen) atoms. The number of barbiturate groups is 1. The van der Waals surface area contributed by atoms with Gasteiger partial charge in [-0.1, -0.05) is 24.3 Å². The van der Waals surface area contributed by atoms with Crippen LogP contribution in [0.1, 0.15) is 11.1 Å². The number of carbonyl (C=O) groups excluding carboxylic acids is 4. The Morgan fingerprint density at radius 2 is 1.87 bits per heavy atom. The molecule has 3 aromatic rings. The van der Waals surface area contributed by atoms with Gasteiger partial charge in [0.25, 0.3) is 23.4 Å². The first-order valence-corrected chi connectivity index (χ1v) is 11.9. The summed E-state index contributed by atoms with van der Waals surface area (Å²) < 4.78 is 6.02. The number of ether oxygens (including phenoxy) is 1. The summed E-state index contributed by atoms with van der Waals surface area (Å²) in [4.78, 5) is 61.2. The number of nitrogens with zero attached hydrogens (tertiary/aromatic N) is 2. The number of nitro benzene ring substituents is 1. The topological polar surface area (TPSA) is 148 Å². The fourth-order valence-corrected chi connectivity index (χ4v) is 4.10. The van der Waals surface area contributed by atoms with Crippen LogP contribution in [0.2, 0.25) is 0 Å². The molecule has 3 aromatic carbocycles. The maximum atomic E-state index is 13.1. The fourth-order valence-electron chi connectivity index (χ4n) is 3.59. The summed E-state index contributed by atoms with van der Waals surface area (Å²) >= 11 is 3.35. The number of hydrogen-bond donors (Lipinski definition) is 2. The Balaban J connectivity index is 1.50. The van der Waals surface area contributed by atoms with Crippen LogP contribution in [0.25, 0.3) is 6.08 Å². The lowest BCUT2D eigenvalue weighted by molar-refractivity contribution is -0.384. The predicted molar refractivity (Wildman–Crippen MR) is 142 cm³/mol. The van der Waals surface area contributed by atoms with Crippen molar-refractivity contribution in [2.45, 2.75) is 6.92 Å². The molecular weight excluding hydrogens is 560 g/mol. The number of aryl methyl sites for hydroxylation is 1. The summed E-state index contributed by atoms with van der Waals surface area (Å²) in [6, 6.07) is 15.9. The van der Waals surface area contributed by atoms with Crippen molar-refractivity contribution in [1.29, 1.82) is 0 Å². The first-order valence-electron chi connectivity index (χ1n) is 11.1. The fraction of sp³-hybridized carbons (Fsp3) is 0.0769. The molecule has 1 aliphatic heterocycles. The monoisotopic (exact) mass is 578 g/mol. The van der Waals surface area contributed by atoms with Gasteiger partial charge < -0.3 is 10.1 Å². The number of imide groups is 2. The van der Waals surface area contributed by atoms with Crippen molar-refractivity contribution in [3.05, 3.63) is 98.0 Å². The first-order chi connectivity index (χ1) is 18.1. The Kier molecular flexibility index (Phi) is 7.63. The highest BCUT2D eigenvalue weighted by Gasteiger charge is 2.37. The molecule has 0 aromatic heterocycles. The third kappa shape index (κ3) is 5.93. The van der Waals surface area contributed by atoms with E-state index < -0.39 is 22.8 Å². The SMILES string of the molecule is Cc1cccc(NC(=O)COc2ccc(/C=C3\C(=O)NC(=O)N(c4cccc([N+](=O)[O-])c4)C3=O)cc2Br)c1. The Morgan fingerprint density at radius 3 is 2.58 bits per heavy atom. The van der Waals surface area contributed by atoms with Crippen molar-refractivity contribution in [3.63, 3.8) is 0 Å². The van der Waals surface area contributed by atoms with Gasteiger partial charge >= 0.3 is 6.03 Å². The van der Waals surface area contributed by atoms with Crippen LogP contribution in [0.5, 0.6) is 5.75 Å². The van der Waals surface area contributed by atoms with E-state index in [1.807, 2.05) is 25.1 Å². The van der Waals surface area contributed by atoms with Crippen LogP contribution in [0.15, 0.2) is 76.8 Å². The highest BCUT2D eigenvalue weighted by molar-refractivity contribution is 9.10. The molecule has 5 amide bonds. The minimum atomic E-state index is -1.02. The number of carbonyl (C=O) groups is 4. The first kappa shape index (κ1) is 26.2. The van der Waals surface area contributed by atoms with Crippen molar-refractivity contribution in [2.75, 3.05) is 16.8 Å². The average molecular weight is 579 g/mol. The summed E-state index contributed by atoms with van der Waals surface area (Å²) in [5, 5.41) is 15.9. The van der Waals surface area contributed by atoms with Gasteiger partial charge in [0.15, 0.2) is 6.61 Å². The molecule has 0 radical (unpaired) electrons. The van der Waals surface area contributed by atoms with Crippen molar-refractivity contribution in [2.24, 2.45) is 0 Å². The summed E-state index contributed by atoms with van der Waals surface area (Å²) in [7, 11) is 0. The lowest BCUT2D eigenvalue weighted by Crippen LogP contribution is -2.54. The number of halogens is 1. The minimum absolute atomic E-state index is 0.0611. The minimum Gasteiger partial charge on any atom is -0.483 e. The van der Waals surface area contributed by atoms with Crippen LogP contribution in [-0.4, -0.2) is 35.3 Å². The molecule has 0 atom stereocenters. The zero-order chi connectivity index (χ0) is 27.4. The number of non-ortho nitro benzene ring substituents is 1. The van der Waals surface area contributed by atoms with Crippen LogP contribution in [0.4, 0.5) is 21.9 Å². The molecule has 0 spiro atoms. The number of anilines is 2. The molecule has 0 saturated carbocycles. The van der Waals surface area contributed by atoms with E-state index in [1.54, 1.807) is 24.3 Å². The van der Waals surface area contributed by atoms with Gasteiger partial charge in [-0.15, -0.1) is 0 Å². The third-order valence-corrected chi connectivity index (χ3v) is 5.95. The zero-order valence-corrected chi connectivity index (χ0v) is 21.4. The molecule has 1 aliphatic rings. The number of rotatable bonds is 7. The second-order valence-corrected chi connectivity index (χ2v) is 8.99. The molecule has 1 heterocycles. The van der Waals surface area contributed by atoms with Gasteiger partial charge in [-0.2, -0.15) is 0 Å². The lowest BCUT2D eigenvalue weighted by Gasteiger charge is -2.26. The zero-order valence-electron chi connectivity index (χ0n) is 19.8. The van der Waals surface area contributed by atoms with Crippen LogP contribution >= 0.6 is 15.9 Å². The average Bonchev–Trinajstić information content (AvgIpc) is 2.86. The standard InChI is InChI=1S/C26H19BrN4O7/c1-15-4-2-5-17(10-15)28-23(32)14-38-22-9-8-16(12-21(22)27)11-20-24(33)29-26(35)30(25(20)34)18-6-3-7-19(13-18)31(36)37/h2-13H,14H2,1H3,(H,28,32)(H,29,33,35)/b20-11+. The van der Waals surface area contributed by atoms with Crippen LogP contribution in [0.3, 0.4) is 0 Å². The van der Waals surface area contributed by atoms with E-state index in [0.717, 1.165) is 11.6 Å². The second-order valence-electron chi connectivity index (χ2n) is 8.13. The quantitative estimate of drug-likeness (QED) is 0.183. The molecule has 0 bridgehead atoms. The Labute approximate surface area is 224 Å². The van der Waals surface area contributed by atoms with E-state index in [1.165, 1.54) is 24.3 Å². The van der Waals surface area contributed by atoms with Gasteiger partial charge in [-0.25, -0.2) is 9.69 Å². The molecule has 11 nitrogen and oxygen atoms in total. The number of nitro groups is 1. The molecule has 1 fully saturated rings. The Hall–Kier alpha value is -4.84. The summed E-state index contributed by atoms with van der Waals surface area (Å²) in [6.45, 7) is 1.65. The molecule has 0 unspecified atom stereocenters. The number of benzene rings is 3. The normalized spacial score (nSPS) is 14.3. The third-order valence-electron chi connectivity index (χ3n) is 5.33. The van der Waals surface area contributed by atoms with Gasteiger partial charge in [-0.3, -0.25) is 29.8 Å². The van der Waals surface area contributed by atoms with Gasteiger partial charge in [-0.05, 0) is 70.4 Å². The maximum Gasteiger partial charge on any atom is 0.335 e. The van der Waals surface area contributed by atoms with Crippen LogP contribution in [0, 0.1) is 17.0 Å². The number of hydrogen-bond acceptors (Lipinski definition) is 7. The maximum absolute atomic E-state index is 13.1. The molecule has 0 aliphatic carbocycles. The van der Waals surface area contributed by atoms with E-state index in [-0.39, 0.29) is 29.5 Å². The predicted octanol–water partition coefficient (Wildman–Crippen LogP) is 4.35. The Bertz CT molecular complexity index is 1520. The van der Waals surface area contributed by atoms with E-state index in [4.69, 9.17) is 4.74 Å². The van der Waals surface area contributed by atoms with Crippen LogP contribution in [-0.2, 0) is 14.4 Å². The second kappa shape index (κ2) is 11.0. The van der Waals surface area contributed by atoms with Gasteiger partial charge in [0.05, 0.1) is 15.1 Å². The molecular formula is C26H19BrN4O7. The summed E-state index contributed by atoms with van der Waals surface area (Å²) in [5.74, 6) is -1.86. The van der Waals surface area contributed by atoms with Crippen molar-refractivity contribution >= 4 is 62.8 Å². The smallest absolute Gasteiger partial charge is 0.335 e. The summed E-state index contributed by atoms with van der Waals surface area (Å²) in [5.41, 5.74) is 1.33. The van der Waals surface area contributed by atoms with Gasteiger partial charge in [0.1, 0.15) is 11.3 Å². The molecule has 12 heteroatoms. The van der Waals surface area contributed by atoms with Gasteiger partial charge in [0, 0.05) is 17.8 Å². The highest BCUT2D eigenvalue weighted by atomic mass is 79.9. The largest absolute Gasteiger partial charge is 0.483 e. The number of amides is 5. The van der Waals surface area contributed by atoms with Gasteiger partial charge in [0.2, 0.25) is 0 Å². The van der Waals surface area contributed by atoms with E-state index >= 15 is 0 Å². The number of nitrogens with one attached hydrogen (secondary N) is 2. The Morgan fingerprint density at radius 1 is 1.11 bits per heavy atom. The highest BCUT2D eigenvalue weighted by Crippen LogP contribution is 2.29. The molecule has 192 valence electrons. The van der Waals surface area contributed by atoms with E-state index in [2.05, 4.69) is 26.6 Å². The van der Waals surface area contributed by atoms with Crippen LogP contribution < -0.4 is 20.3 Å². The van der Waals surface area contributed by atoms with Crippen molar-refractivity contribution in [1.82, 2.24) is 5.32 Å². The molecule has 2 N–H and O–H groups in total. The molecule has 4 rings (SSSR count).